The van der Waals surface area contributed by atoms with Gasteiger partial charge in [-0.1, -0.05) is 64.1 Å². The quantitative estimate of drug-likeness (QED) is 0.102. The van der Waals surface area contributed by atoms with Crippen LogP contribution in [0.2, 0.25) is 0 Å². The van der Waals surface area contributed by atoms with Crippen molar-refractivity contribution >= 4 is 52.8 Å². The lowest BCUT2D eigenvalue weighted by atomic mass is 10.0. The molecular formula is C50H62N8O8. The van der Waals surface area contributed by atoms with Crippen LogP contribution in [0.25, 0.3) is 11.1 Å². The maximum absolute atomic E-state index is 13.6. The van der Waals surface area contributed by atoms with Gasteiger partial charge in [0.15, 0.2) is 0 Å². The highest BCUT2D eigenvalue weighted by Gasteiger charge is 2.37. The van der Waals surface area contributed by atoms with Gasteiger partial charge in [0.05, 0.1) is 39.5 Å². The lowest BCUT2D eigenvalue weighted by Gasteiger charge is -2.34. The molecule has 0 bridgehead atoms. The van der Waals surface area contributed by atoms with Crippen molar-refractivity contribution in [2.75, 3.05) is 67.1 Å². The molecular weight excluding hydrogens is 841 g/mol. The first kappa shape index (κ1) is 47.3. The molecule has 1 aromatic heterocycles. The smallest absolute Gasteiger partial charge is 0.407 e. The minimum Gasteiger partial charge on any atom is -0.453 e. The number of pyridine rings is 1. The number of rotatable bonds is 14. The van der Waals surface area contributed by atoms with Crippen LogP contribution < -0.4 is 36.0 Å². The number of hydrogen-bond acceptors (Lipinski definition) is 12. The molecule has 3 aliphatic rings. The van der Waals surface area contributed by atoms with Crippen LogP contribution in [-0.2, 0) is 28.6 Å². The van der Waals surface area contributed by atoms with Crippen LogP contribution in [0.4, 0.5) is 32.5 Å². The number of ether oxygens (including phenoxy) is 3. The van der Waals surface area contributed by atoms with E-state index in [9.17, 15) is 24.0 Å². The molecule has 5 atom stereocenters. The Kier molecular flexibility index (Phi) is 15.4. The number of methoxy groups -OCH3 is 2. The number of benzene rings is 3. The second-order valence-corrected chi connectivity index (χ2v) is 17.7. The predicted octanol–water partition coefficient (Wildman–Crippen LogP) is 6.98. The molecule has 0 saturated carbocycles. The van der Waals surface area contributed by atoms with Crippen LogP contribution in [0.3, 0.4) is 0 Å². The van der Waals surface area contributed by atoms with Gasteiger partial charge in [0.2, 0.25) is 17.7 Å². The molecule has 0 unspecified atom stereocenters. The van der Waals surface area contributed by atoms with Gasteiger partial charge in [-0.05, 0) is 103 Å². The fourth-order valence-corrected chi connectivity index (χ4v) is 9.16. The molecule has 3 fully saturated rings. The lowest BCUT2D eigenvalue weighted by Crippen LogP contribution is -2.54. The summed E-state index contributed by atoms with van der Waals surface area (Å²) in [5, 5.41) is 10.7. The van der Waals surface area contributed by atoms with Gasteiger partial charge in [-0.3, -0.25) is 19.7 Å². The van der Waals surface area contributed by atoms with Gasteiger partial charge in [-0.25, -0.2) is 14.6 Å². The first-order chi connectivity index (χ1) is 31.8. The predicted molar refractivity (Wildman–Crippen MR) is 253 cm³/mol. The number of morpholine rings is 1. The monoisotopic (exact) mass is 902 g/mol. The number of carbonyl (C=O) groups is 5. The molecule has 66 heavy (non-hydrogen) atoms. The summed E-state index contributed by atoms with van der Waals surface area (Å²) in [5.41, 5.74) is 6.86. The fraction of sp³-hybridized carbons (Fsp3) is 0.440. The standard InChI is InChI=1S/C50H62N8O8/c1-31(2)44(53-49(62)64-5)47(60)52-37-16-9-34(10-17-37)40-22-23-41(58(40)39-20-11-33(12-21-39)36-15-24-43(51-30-36)56-26-28-66-29-27-56)35-13-18-38(19-14-35)57-25-7-8-42(57)46(59)55-48(61)45(32(3)4)54-50(63)65-6/h9-21,24,30-32,40-42,44-45H,7-8,22-23,25-29H2,1-6H3,(H,52,60)(H,53,62)(H,54,63)(H,55,59,61)/t40-,41-,42-,44-,45-/m0/s1. The summed E-state index contributed by atoms with van der Waals surface area (Å²) in [6.07, 6.45) is 3.64. The summed E-state index contributed by atoms with van der Waals surface area (Å²) in [5.74, 6) is -0.788. The second-order valence-electron chi connectivity index (χ2n) is 17.7. The average Bonchev–Trinajstić information content (AvgIpc) is 4.02. The number of imide groups is 1. The molecule has 0 spiro atoms. The lowest BCUT2D eigenvalue weighted by molar-refractivity contribution is -0.132. The van der Waals surface area contributed by atoms with Crippen molar-refractivity contribution in [3.8, 4) is 11.1 Å². The number of nitrogens with zero attached hydrogens (tertiary/aromatic N) is 4. The topological polar surface area (TPSA) is 184 Å². The van der Waals surface area contributed by atoms with Gasteiger partial charge < -0.3 is 44.9 Å². The van der Waals surface area contributed by atoms with Crippen LogP contribution in [0.15, 0.2) is 91.1 Å². The Morgan fingerprint density at radius 1 is 0.652 bits per heavy atom. The van der Waals surface area contributed by atoms with E-state index in [4.69, 9.17) is 19.2 Å². The SMILES string of the molecule is COC(=O)N[C@H](C(=O)NC(=O)[C@@H]1CCCN1c1ccc([C@@H]2CC[C@@H](c3ccc(NC(=O)[C@@H](NC(=O)OC)C(C)C)cc3)N2c2ccc(-c3ccc(N4CCOCC4)nc3)cc2)cc1)C(C)C. The van der Waals surface area contributed by atoms with E-state index in [-0.39, 0.29) is 29.8 Å². The number of aromatic nitrogens is 1. The molecule has 0 aliphatic carbocycles. The van der Waals surface area contributed by atoms with E-state index in [0.717, 1.165) is 71.8 Å². The fourth-order valence-electron chi connectivity index (χ4n) is 9.16. The van der Waals surface area contributed by atoms with E-state index in [1.165, 1.54) is 14.2 Å². The highest BCUT2D eigenvalue weighted by Crippen LogP contribution is 2.47. The molecule has 5 amide bonds. The summed E-state index contributed by atoms with van der Waals surface area (Å²) in [6.45, 7) is 11.0. The van der Waals surface area contributed by atoms with Crippen LogP contribution >= 0.6 is 0 Å². The molecule has 4 heterocycles. The minimum atomic E-state index is -0.924. The Hall–Kier alpha value is -6.68. The van der Waals surface area contributed by atoms with Gasteiger partial charge in [0.1, 0.15) is 23.9 Å². The van der Waals surface area contributed by atoms with Crippen molar-refractivity contribution in [3.05, 3.63) is 102 Å². The van der Waals surface area contributed by atoms with Crippen LogP contribution in [0.1, 0.15) is 76.6 Å². The number of hydrogen-bond donors (Lipinski definition) is 4. The van der Waals surface area contributed by atoms with Crippen LogP contribution in [-0.4, -0.2) is 100 Å². The molecule has 3 aromatic carbocycles. The molecule has 3 saturated heterocycles. The normalized spacial score (nSPS) is 19.3. The number of carbonyl (C=O) groups excluding carboxylic acids is 5. The third-order valence-corrected chi connectivity index (χ3v) is 12.8. The molecule has 16 heteroatoms. The Morgan fingerprint density at radius 2 is 1.20 bits per heavy atom. The van der Waals surface area contributed by atoms with E-state index in [1.807, 2.05) is 49.2 Å². The van der Waals surface area contributed by atoms with Crippen molar-refractivity contribution in [2.45, 2.75) is 83.6 Å². The van der Waals surface area contributed by atoms with E-state index in [0.29, 0.717) is 31.9 Å². The van der Waals surface area contributed by atoms with Crippen molar-refractivity contribution in [2.24, 2.45) is 11.8 Å². The Balaban J connectivity index is 1.11. The second kappa shape index (κ2) is 21.5. The van der Waals surface area contributed by atoms with Crippen LogP contribution in [0.5, 0.6) is 0 Å². The molecule has 350 valence electrons. The maximum atomic E-state index is 13.6. The average molecular weight is 903 g/mol. The van der Waals surface area contributed by atoms with Gasteiger partial charge in [-0.15, -0.1) is 0 Å². The van der Waals surface area contributed by atoms with Gasteiger partial charge in [0.25, 0.3) is 0 Å². The van der Waals surface area contributed by atoms with Crippen molar-refractivity contribution in [3.63, 3.8) is 0 Å². The molecule has 0 radical (unpaired) electrons. The zero-order chi connectivity index (χ0) is 46.9. The number of anilines is 4. The summed E-state index contributed by atoms with van der Waals surface area (Å²) >= 11 is 0. The highest BCUT2D eigenvalue weighted by atomic mass is 16.5. The van der Waals surface area contributed by atoms with Gasteiger partial charge in [0, 0.05) is 48.5 Å². The minimum absolute atomic E-state index is 0.0108. The van der Waals surface area contributed by atoms with E-state index >= 15 is 0 Å². The van der Waals surface area contributed by atoms with Crippen molar-refractivity contribution in [1.29, 1.82) is 0 Å². The number of amides is 5. The van der Waals surface area contributed by atoms with Gasteiger partial charge in [-0.2, -0.15) is 0 Å². The van der Waals surface area contributed by atoms with Crippen LogP contribution in [0, 0.1) is 11.8 Å². The van der Waals surface area contributed by atoms with E-state index < -0.39 is 42.1 Å². The molecule has 7 rings (SSSR count). The molecule has 16 nitrogen and oxygen atoms in total. The summed E-state index contributed by atoms with van der Waals surface area (Å²) in [6, 6.07) is 26.8. The van der Waals surface area contributed by atoms with Crippen molar-refractivity contribution in [1.82, 2.24) is 20.9 Å². The zero-order valence-corrected chi connectivity index (χ0v) is 38.6. The van der Waals surface area contributed by atoms with Crippen molar-refractivity contribution < 1.29 is 38.2 Å². The van der Waals surface area contributed by atoms with E-state index in [1.54, 1.807) is 13.8 Å². The Morgan fingerprint density at radius 3 is 1.74 bits per heavy atom. The Bertz CT molecular complexity index is 2300. The number of nitrogens with one attached hydrogen (secondary N) is 4. The molecule has 3 aliphatic heterocycles. The summed E-state index contributed by atoms with van der Waals surface area (Å²) in [7, 11) is 2.49. The maximum Gasteiger partial charge on any atom is 0.407 e. The first-order valence-electron chi connectivity index (χ1n) is 22.8. The molecule has 4 N–H and O–H groups in total. The first-order valence-corrected chi connectivity index (χ1v) is 22.8. The third-order valence-electron chi connectivity index (χ3n) is 12.8. The number of alkyl carbamates (subject to hydrolysis) is 2. The highest BCUT2D eigenvalue weighted by molar-refractivity contribution is 6.02. The third kappa shape index (κ3) is 11.0. The summed E-state index contributed by atoms with van der Waals surface area (Å²) < 4.78 is 14.9. The Labute approximate surface area is 386 Å². The zero-order valence-electron chi connectivity index (χ0n) is 38.6. The van der Waals surface area contributed by atoms with E-state index in [2.05, 4.69) is 91.7 Å². The molecule has 4 aromatic rings. The van der Waals surface area contributed by atoms with Gasteiger partial charge >= 0.3 is 12.2 Å². The summed E-state index contributed by atoms with van der Waals surface area (Å²) in [4.78, 5) is 75.4. The largest absolute Gasteiger partial charge is 0.453 e.